The van der Waals surface area contributed by atoms with Crippen molar-refractivity contribution < 1.29 is 13.2 Å². The Hall–Kier alpha value is -2.51. The van der Waals surface area contributed by atoms with Gasteiger partial charge in [-0.3, -0.25) is 0 Å². The average molecular weight is 297 g/mol. The van der Waals surface area contributed by atoms with Crippen LogP contribution in [0.3, 0.4) is 0 Å². The van der Waals surface area contributed by atoms with Crippen LogP contribution >= 0.6 is 0 Å². The molecule has 0 bridgehead atoms. The summed E-state index contributed by atoms with van der Waals surface area (Å²) in [5.41, 5.74) is 5.35. The second kappa shape index (κ2) is 5.86. The van der Waals surface area contributed by atoms with Crippen LogP contribution in [0.2, 0.25) is 0 Å². The highest BCUT2D eigenvalue weighted by atomic mass is 19.4. The molecule has 2 aromatic rings. The zero-order chi connectivity index (χ0) is 15.5. The predicted octanol–water partition coefficient (Wildman–Crippen LogP) is 2.73. The summed E-state index contributed by atoms with van der Waals surface area (Å²) in [5.74, 6) is 1.03. The van der Waals surface area contributed by atoms with Crippen molar-refractivity contribution in [2.24, 2.45) is 0 Å². The molecule has 0 saturated heterocycles. The fourth-order valence-corrected chi connectivity index (χ4v) is 1.73. The molecule has 0 radical (unpaired) electrons. The first-order valence-corrected chi connectivity index (χ1v) is 6.11. The maximum atomic E-state index is 12.6. The molecule has 1 heterocycles. The molecular weight excluding hydrogens is 283 g/mol. The number of hydrogen-bond donors (Lipinski definition) is 3. The quantitative estimate of drug-likeness (QED) is 0.809. The number of rotatable bonds is 4. The molecule has 8 heteroatoms. The first-order chi connectivity index (χ1) is 9.88. The number of aromatic nitrogens is 2. The van der Waals surface area contributed by atoms with Crippen molar-refractivity contribution in [1.82, 2.24) is 9.97 Å². The van der Waals surface area contributed by atoms with Gasteiger partial charge < -0.3 is 16.4 Å². The van der Waals surface area contributed by atoms with E-state index < -0.39 is 11.7 Å². The van der Waals surface area contributed by atoms with Gasteiger partial charge in [-0.1, -0.05) is 12.1 Å². The molecule has 2 rings (SSSR count). The topological polar surface area (TPSA) is 75.9 Å². The van der Waals surface area contributed by atoms with Gasteiger partial charge in [0.2, 0.25) is 5.95 Å². The van der Waals surface area contributed by atoms with Gasteiger partial charge in [0.25, 0.3) is 0 Å². The zero-order valence-corrected chi connectivity index (χ0v) is 11.2. The largest absolute Gasteiger partial charge is 0.416 e. The number of halogens is 3. The Balaban J connectivity index is 2.11. The average Bonchev–Trinajstić information content (AvgIpc) is 2.44. The van der Waals surface area contributed by atoms with E-state index in [1.54, 1.807) is 19.2 Å². The summed E-state index contributed by atoms with van der Waals surface area (Å²) >= 11 is 0. The molecule has 0 aliphatic carbocycles. The third-order valence-corrected chi connectivity index (χ3v) is 2.73. The van der Waals surface area contributed by atoms with E-state index in [1.165, 1.54) is 6.07 Å². The Morgan fingerprint density at radius 3 is 2.52 bits per heavy atom. The van der Waals surface area contributed by atoms with Crippen LogP contribution in [0.4, 0.5) is 30.8 Å². The maximum Gasteiger partial charge on any atom is 0.416 e. The van der Waals surface area contributed by atoms with Crippen LogP contribution < -0.4 is 16.4 Å². The molecule has 21 heavy (non-hydrogen) atoms. The molecular formula is C13H14F3N5. The van der Waals surface area contributed by atoms with Gasteiger partial charge in [-0.2, -0.15) is 23.1 Å². The second-order valence-electron chi connectivity index (χ2n) is 4.30. The molecule has 112 valence electrons. The van der Waals surface area contributed by atoms with Crippen molar-refractivity contribution in [2.75, 3.05) is 23.4 Å². The molecule has 0 saturated carbocycles. The van der Waals surface area contributed by atoms with Crippen LogP contribution in [0.15, 0.2) is 30.3 Å². The summed E-state index contributed by atoms with van der Waals surface area (Å²) < 4.78 is 37.9. The van der Waals surface area contributed by atoms with Crippen molar-refractivity contribution in [1.29, 1.82) is 0 Å². The summed E-state index contributed by atoms with van der Waals surface area (Å²) in [5, 5.41) is 5.73. The molecule has 5 nitrogen and oxygen atoms in total. The minimum atomic E-state index is -4.35. The molecule has 0 spiro atoms. The summed E-state index contributed by atoms with van der Waals surface area (Å²) in [4.78, 5) is 7.88. The Morgan fingerprint density at radius 2 is 1.86 bits per heavy atom. The summed E-state index contributed by atoms with van der Waals surface area (Å²) in [6.45, 7) is 0.198. The Labute approximate surface area is 119 Å². The molecule has 0 aliphatic rings. The molecule has 1 aromatic heterocycles. The van der Waals surface area contributed by atoms with E-state index in [9.17, 15) is 13.2 Å². The van der Waals surface area contributed by atoms with Crippen LogP contribution in [0, 0.1) is 0 Å². The van der Waals surface area contributed by atoms with E-state index in [1.807, 2.05) is 0 Å². The van der Waals surface area contributed by atoms with Crippen molar-refractivity contribution in [3.63, 3.8) is 0 Å². The number of nitrogens with two attached hydrogens (primary N) is 1. The monoisotopic (exact) mass is 297 g/mol. The summed E-state index contributed by atoms with van der Waals surface area (Å²) in [6, 6.07) is 6.71. The maximum absolute atomic E-state index is 12.6. The first-order valence-electron chi connectivity index (χ1n) is 6.11. The third kappa shape index (κ3) is 3.98. The van der Waals surface area contributed by atoms with Gasteiger partial charge in [-0.15, -0.1) is 0 Å². The number of anilines is 3. The predicted molar refractivity (Wildman–Crippen MR) is 74.8 cm³/mol. The smallest absolute Gasteiger partial charge is 0.373 e. The highest BCUT2D eigenvalue weighted by Crippen LogP contribution is 2.29. The summed E-state index contributed by atoms with van der Waals surface area (Å²) in [7, 11) is 1.68. The second-order valence-corrected chi connectivity index (χ2v) is 4.30. The molecule has 0 unspecified atom stereocenters. The lowest BCUT2D eigenvalue weighted by molar-refractivity contribution is -0.137. The molecule has 0 atom stereocenters. The lowest BCUT2D eigenvalue weighted by Gasteiger charge is -2.10. The molecule has 1 aromatic carbocycles. The van der Waals surface area contributed by atoms with E-state index in [0.29, 0.717) is 17.2 Å². The number of nitrogen functional groups attached to an aromatic ring is 1. The highest BCUT2D eigenvalue weighted by molar-refractivity contribution is 5.50. The minimum Gasteiger partial charge on any atom is -0.373 e. The van der Waals surface area contributed by atoms with E-state index in [-0.39, 0.29) is 12.5 Å². The van der Waals surface area contributed by atoms with Gasteiger partial charge >= 0.3 is 6.18 Å². The van der Waals surface area contributed by atoms with Crippen molar-refractivity contribution in [3.05, 3.63) is 41.5 Å². The molecule has 0 amide bonds. The van der Waals surface area contributed by atoms with Crippen molar-refractivity contribution in [3.8, 4) is 0 Å². The Kier molecular flexibility index (Phi) is 4.15. The summed E-state index contributed by atoms with van der Waals surface area (Å²) in [6.07, 6.45) is -4.35. The van der Waals surface area contributed by atoms with Crippen LogP contribution in [-0.2, 0) is 12.7 Å². The van der Waals surface area contributed by atoms with Crippen LogP contribution in [0.5, 0.6) is 0 Å². The molecule has 0 aliphatic heterocycles. The molecule has 0 fully saturated rings. The molecule has 4 N–H and O–H groups in total. The minimum absolute atomic E-state index is 0.0772. The lowest BCUT2D eigenvalue weighted by Crippen LogP contribution is -2.08. The van der Waals surface area contributed by atoms with Crippen molar-refractivity contribution in [2.45, 2.75) is 12.7 Å². The number of alkyl halides is 3. The van der Waals surface area contributed by atoms with Crippen LogP contribution in [-0.4, -0.2) is 17.0 Å². The van der Waals surface area contributed by atoms with Gasteiger partial charge in [0.05, 0.1) is 5.56 Å². The van der Waals surface area contributed by atoms with E-state index >= 15 is 0 Å². The number of nitrogens with zero attached hydrogens (tertiary/aromatic N) is 2. The van der Waals surface area contributed by atoms with Crippen molar-refractivity contribution >= 4 is 17.6 Å². The Morgan fingerprint density at radius 1 is 1.14 bits per heavy atom. The number of nitrogens with one attached hydrogen (secondary N) is 2. The normalized spacial score (nSPS) is 11.2. The fourth-order valence-electron chi connectivity index (χ4n) is 1.73. The standard InChI is InChI=1S/C13H14F3N5/c1-18-10-6-11(21-12(17)20-10)19-7-8-3-2-4-9(5-8)13(14,15)16/h2-6H,7H2,1H3,(H4,17,18,19,20,21). The SMILES string of the molecule is CNc1cc(NCc2cccc(C(F)(F)F)c2)nc(N)n1. The zero-order valence-electron chi connectivity index (χ0n) is 11.2. The van der Waals surface area contributed by atoms with E-state index in [2.05, 4.69) is 20.6 Å². The van der Waals surface area contributed by atoms with Crippen LogP contribution in [0.25, 0.3) is 0 Å². The van der Waals surface area contributed by atoms with Gasteiger partial charge in [-0.05, 0) is 17.7 Å². The van der Waals surface area contributed by atoms with Gasteiger partial charge in [0.15, 0.2) is 0 Å². The van der Waals surface area contributed by atoms with E-state index in [0.717, 1.165) is 12.1 Å². The lowest BCUT2D eigenvalue weighted by atomic mass is 10.1. The highest BCUT2D eigenvalue weighted by Gasteiger charge is 2.30. The van der Waals surface area contributed by atoms with Gasteiger partial charge in [0, 0.05) is 19.7 Å². The number of benzene rings is 1. The van der Waals surface area contributed by atoms with Gasteiger partial charge in [0.1, 0.15) is 11.6 Å². The Bertz CT molecular complexity index is 627. The van der Waals surface area contributed by atoms with Crippen LogP contribution in [0.1, 0.15) is 11.1 Å². The number of hydrogen-bond acceptors (Lipinski definition) is 5. The third-order valence-electron chi connectivity index (χ3n) is 2.73. The first kappa shape index (κ1) is 14.9. The van der Waals surface area contributed by atoms with E-state index in [4.69, 9.17) is 5.73 Å². The fraction of sp³-hybridized carbons (Fsp3) is 0.231. The van der Waals surface area contributed by atoms with Gasteiger partial charge in [-0.25, -0.2) is 0 Å².